The number of rotatable bonds is 1. The number of hydrogen-bond donors (Lipinski definition) is 1. The van der Waals surface area contributed by atoms with Crippen LogP contribution in [0.25, 0.3) is 21.9 Å². The molecule has 0 aliphatic carbocycles. The summed E-state index contributed by atoms with van der Waals surface area (Å²) >= 11 is 0. The van der Waals surface area contributed by atoms with Crippen LogP contribution in [-0.2, 0) is 4.74 Å². The smallest absolute Gasteiger partial charge is 0.201 e. The molecule has 2 aromatic heterocycles. The summed E-state index contributed by atoms with van der Waals surface area (Å²) < 4.78 is 7.81. The van der Waals surface area contributed by atoms with Crippen LogP contribution >= 0.6 is 0 Å². The van der Waals surface area contributed by atoms with Gasteiger partial charge in [-0.2, -0.15) is 0 Å². The molecule has 20 heavy (non-hydrogen) atoms. The second-order valence-electron chi connectivity index (χ2n) is 5.28. The SMILES string of the molecule is CC1OCCC1n1c(N)nc2cnc3ccccc3c21. The molecular formula is C15H16N4O. The number of imidazole rings is 1. The third-order valence-corrected chi connectivity index (χ3v) is 4.12. The molecule has 0 spiro atoms. The highest BCUT2D eigenvalue weighted by Crippen LogP contribution is 2.34. The van der Waals surface area contributed by atoms with Crippen LogP contribution in [0.15, 0.2) is 30.5 Å². The average molecular weight is 268 g/mol. The first kappa shape index (κ1) is 11.7. The number of para-hydroxylation sites is 1. The molecule has 0 bridgehead atoms. The van der Waals surface area contributed by atoms with E-state index in [1.165, 1.54) is 0 Å². The van der Waals surface area contributed by atoms with Gasteiger partial charge in [-0.3, -0.25) is 4.98 Å². The first-order valence-corrected chi connectivity index (χ1v) is 6.88. The minimum atomic E-state index is 0.154. The summed E-state index contributed by atoms with van der Waals surface area (Å²) in [5.74, 6) is 0.542. The third-order valence-electron chi connectivity index (χ3n) is 4.12. The Labute approximate surface area is 116 Å². The van der Waals surface area contributed by atoms with Crippen molar-refractivity contribution in [1.82, 2.24) is 14.5 Å². The van der Waals surface area contributed by atoms with E-state index in [1.54, 1.807) is 6.20 Å². The van der Waals surface area contributed by atoms with Crippen molar-refractivity contribution in [2.45, 2.75) is 25.5 Å². The number of nitrogens with zero attached hydrogens (tertiary/aromatic N) is 3. The summed E-state index contributed by atoms with van der Waals surface area (Å²) in [5, 5.41) is 1.09. The molecule has 5 heteroatoms. The minimum Gasteiger partial charge on any atom is -0.376 e. The zero-order valence-electron chi connectivity index (χ0n) is 11.3. The number of pyridine rings is 1. The van der Waals surface area contributed by atoms with E-state index < -0.39 is 0 Å². The zero-order valence-corrected chi connectivity index (χ0v) is 11.3. The average Bonchev–Trinajstić information content (AvgIpc) is 3.01. The number of fused-ring (bicyclic) bond motifs is 3. The second kappa shape index (κ2) is 4.18. The maximum atomic E-state index is 6.15. The van der Waals surface area contributed by atoms with Gasteiger partial charge in [0.25, 0.3) is 0 Å². The normalized spacial score (nSPS) is 22.9. The largest absolute Gasteiger partial charge is 0.376 e. The Hall–Kier alpha value is -2.14. The number of hydrogen-bond acceptors (Lipinski definition) is 4. The molecule has 4 rings (SSSR count). The Balaban J connectivity index is 2.08. The molecule has 2 atom stereocenters. The van der Waals surface area contributed by atoms with Gasteiger partial charge in [0, 0.05) is 12.0 Å². The van der Waals surface area contributed by atoms with Crippen LogP contribution in [0.2, 0.25) is 0 Å². The van der Waals surface area contributed by atoms with E-state index in [4.69, 9.17) is 10.5 Å². The third kappa shape index (κ3) is 1.53. The fourth-order valence-electron chi connectivity index (χ4n) is 3.14. The number of nitrogens with two attached hydrogens (primary N) is 1. The maximum absolute atomic E-state index is 6.15. The lowest BCUT2D eigenvalue weighted by atomic mass is 10.1. The van der Waals surface area contributed by atoms with Crippen molar-refractivity contribution in [2.24, 2.45) is 0 Å². The summed E-state index contributed by atoms with van der Waals surface area (Å²) in [7, 11) is 0. The van der Waals surface area contributed by atoms with E-state index in [2.05, 4.69) is 27.5 Å². The van der Waals surface area contributed by atoms with E-state index in [-0.39, 0.29) is 12.1 Å². The first-order chi connectivity index (χ1) is 9.75. The van der Waals surface area contributed by atoms with Crippen molar-refractivity contribution in [1.29, 1.82) is 0 Å². The molecule has 2 N–H and O–H groups in total. The fourth-order valence-corrected chi connectivity index (χ4v) is 3.14. The van der Waals surface area contributed by atoms with E-state index >= 15 is 0 Å². The van der Waals surface area contributed by atoms with Crippen molar-refractivity contribution >= 4 is 27.9 Å². The molecule has 5 nitrogen and oxygen atoms in total. The number of anilines is 1. The van der Waals surface area contributed by atoms with Crippen LogP contribution in [-0.4, -0.2) is 27.2 Å². The Morgan fingerprint density at radius 1 is 1.30 bits per heavy atom. The predicted molar refractivity (Wildman–Crippen MR) is 78.5 cm³/mol. The molecule has 2 unspecified atom stereocenters. The van der Waals surface area contributed by atoms with Gasteiger partial charge >= 0.3 is 0 Å². The van der Waals surface area contributed by atoms with Gasteiger partial charge in [0.2, 0.25) is 5.95 Å². The van der Waals surface area contributed by atoms with Crippen LogP contribution in [0.4, 0.5) is 5.95 Å². The predicted octanol–water partition coefficient (Wildman–Crippen LogP) is 2.52. The molecule has 1 saturated heterocycles. The zero-order chi connectivity index (χ0) is 13.7. The van der Waals surface area contributed by atoms with Gasteiger partial charge in [0.1, 0.15) is 5.52 Å². The van der Waals surface area contributed by atoms with E-state index in [9.17, 15) is 0 Å². The Kier molecular flexibility index (Phi) is 2.44. The molecule has 1 aliphatic rings. The summed E-state index contributed by atoms with van der Waals surface area (Å²) in [5.41, 5.74) is 9.03. The highest BCUT2D eigenvalue weighted by atomic mass is 16.5. The van der Waals surface area contributed by atoms with E-state index in [0.717, 1.165) is 35.0 Å². The van der Waals surface area contributed by atoms with Crippen LogP contribution in [0, 0.1) is 0 Å². The van der Waals surface area contributed by atoms with Gasteiger partial charge in [0.15, 0.2) is 0 Å². The molecule has 102 valence electrons. The summed E-state index contributed by atoms with van der Waals surface area (Å²) in [6.07, 6.45) is 2.92. The Bertz CT molecular complexity index is 795. The lowest BCUT2D eigenvalue weighted by molar-refractivity contribution is 0.109. The van der Waals surface area contributed by atoms with Crippen molar-refractivity contribution in [2.75, 3.05) is 12.3 Å². The van der Waals surface area contributed by atoms with E-state index in [0.29, 0.717) is 5.95 Å². The minimum absolute atomic E-state index is 0.154. The fraction of sp³-hybridized carbons (Fsp3) is 0.333. The molecule has 0 radical (unpaired) electrons. The number of nitrogen functional groups attached to an aromatic ring is 1. The van der Waals surface area contributed by atoms with Crippen LogP contribution in [0.5, 0.6) is 0 Å². The van der Waals surface area contributed by atoms with Crippen LogP contribution in [0.1, 0.15) is 19.4 Å². The topological polar surface area (TPSA) is 66.0 Å². The van der Waals surface area contributed by atoms with Crippen molar-refractivity contribution < 1.29 is 4.74 Å². The van der Waals surface area contributed by atoms with E-state index in [1.807, 2.05) is 18.2 Å². The number of aromatic nitrogens is 3. The monoisotopic (exact) mass is 268 g/mol. The molecule has 3 aromatic rings. The standard InChI is InChI=1S/C15H16N4O/c1-9-13(6-7-20-9)19-14-10-4-2-3-5-11(10)17-8-12(14)18-15(19)16/h2-5,8-9,13H,6-7H2,1H3,(H2,16,18). The Morgan fingerprint density at radius 3 is 2.95 bits per heavy atom. The van der Waals surface area contributed by atoms with Crippen molar-refractivity contribution in [3.8, 4) is 0 Å². The van der Waals surface area contributed by atoms with Crippen molar-refractivity contribution in [3.63, 3.8) is 0 Å². The number of ether oxygens (including phenoxy) is 1. The van der Waals surface area contributed by atoms with Gasteiger partial charge in [-0.05, 0) is 19.4 Å². The molecule has 0 saturated carbocycles. The summed E-state index contributed by atoms with van der Waals surface area (Å²) in [4.78, 5) is 8.91. The van der Waals surface area contributed by atoms with Gasteiger partial charge in [0.05, 0.1) is 29.4 Å². The molecule has 3 heterocycles. The molecule has 1 aromatic carbocycles. The lowest BCUT2D eigenvalue weighted by Gasteiger charge is -2.18. The van der Waals surface area contributed by atoms with Crippen molar-refractivity contribution in [3.05, 3.63) is 30.5 Å². The molecule has 1 aliphatic heterocycles. The lowest BCUT2D eigenvalue weighted by Crippen LogP contribution is -2.18. The first-order valence-electron chi connectivity index (χ1n) is 6.88. The molecule has 1 fully saturated rings. The van der Waals surface area contributed by atoms with Crippen LogP contribution < -0.4 is 5.73 Å². The van der Waals surface area contributed by atoms with Crippen LogP contribution in [0.3, 0.4) is 0 Å². The summed E-state index contributed by atoms with van der Waals surface area (Å²) in [6.45, 7) is 2.86. The second-order valence-corrected chi connectivity index (χ2v) is 5.28. The highest BCUT2D eigenvalue weighted by Gasteiger charge is 2.29. The van der Waals surface area contributed by atoms with Gasteiger partial charge in [-0.25, -0.2) is 4.98 Å². The van der Waals surface area contributed by atoms with Gasteiger partial charge < -0.3 is 15.0 Å². The number of benzene rings is 1. The molecule has 0 amide bonds. The Morgan fingerprint density at radius 2 is 2.15 bits per heavy atom. The van der Waals surface area contributed by atoms with Gasteiger partial charge in [-0.1, -0.05) is 18.2 Å². The molecular weight excluding hydrogens is 252 g/mol. The highest BCUT2D eigenvalue weighted by molar-refractivity contribution is 6.03. The maximum Gasteiger partial charge on any atom is 0.201 e. The van der Waals surface area contributed by atoms with Gasteiger partial charge in [-0.15, -0.1) is 0 Å². The quantitative estimate of drug-likeness (QED) is 0.736. The summed E-state index contributed by atoms with van der Waals surface area (Å²) in [6, 6.07) is 8.34.